The highest BCUT2D eigenvalue weighted by Gasteiger charge is 2.36. The standard InChI is InChI=1S/C12H25N/c1-5-7-12(6-2)8-9-13(10-12)11(3)4/h11H,5-10H2,1-4H3. The minimum absolute atomic E-state index is 0.666. The van der Waals surface area contributed by atoms with Crippen molar-refractivity contribution in [1.29, 1.82) is 0 Å². The minimum Gasteiger partial charge on any atom is -0.300 e. The summed E-state index contributed by atoms with van der Waals surface area (Å²) in [5, 5.41) is 0. The van der Waals surface area contributed by atoms with Gasteiger partial charge in [0, 0.05) is 12.6 Å². The van der Waals surface area contributed by atoms with Crippen molar-refractivity contribution in [2.75, 3.05) is 13.1 Å². The predicted molar refractivity (Wildman–Crippen MR) is 59.0 cm³/mol. The molecule has 1 fully saturated rings. The van der Waals surface area contributed by atoms with Crippen LogP contribution in [-0.4, -0.2) is 24.0 Å². The molecule has 13 heavy (non-hydrogen) atoms. The van der Waals surface area contributed by atoms with E-state index >= 15 is 0 Å². The molecule has 0 aliphatic carbocycles. The summed E-state index contributed by atoms with van der Waals surface area (Å²) < 4.78 is 0. The Bertz CT molecular complexity index is 153. The van der Waals surface area contributed by atoms with Gasteiger partial charge < -0.3 is 4.90 Å². The number of likely N-dealkylation sites (tertiary alicyclic amines) is 1. The first-order valence-corrected chi connectivity index (χ1v) is 5.87. The van der Waals surface area contributed by atoms with E-state index in [4.69, 9.17) is 0 Å². The molecule has 1 rings (SSSR count). The third-order valence-corrected chi connectivity index (χ3v) is 3.73. The van der Waals surface area contributed by atoms with E-state index in [2.05, 4.69) is 32.6 Å². The molecular formula is C12H25N. The molecular weight excluding hydrogens is 158 g/mol. The zero-order valence-corrected chi connectivity index (χ0v) is 9.77. The average molecular weight is 183 g/mol. The van der Waals surface area contributed by atoms with Crippen LogP contribution in [0.1, 0.15) is 53.4 Å². The van der Waals surface area contributed by atoms with Crippen LogP contribution < -0.4 is 0 Å². The third-order valence-electron chi connectivity index (χ3n) is 3.73. The van der Waals surface area contributed by atoms with Crippen LogP contribution in [0.4, 0.5) is 0 Å². The first kappa shape index (κ1) is 11.0. The lowest BCUT2D eigenvalue weighted by molar-refractivity contribution is 0.205. The smallest absolute Gasteiger partial charge is 0.00411 e. The summed E-state index contributed by atoms with van der Waals surface area (Å²) in [5.41, 5.74) is 0.666. The van der Waals surface area contributed by atoms with E-state index in [1.54, 1.807) is 0 Å². The average Bonchev–Trinajstić information content (AvgIpc) is 2.51. The lowest BCUT2D eigenvalue weighted by Gasteiger charge is -2.29. The fourth-order valence-electron chi connectivity index (χ4n) is 2.61. The van der Waals surface area contributed by atoms with Gasteiger partial charge in [0.1, 0.15) is 0 Å². The lowest BCUT2D eigenvalue weighted by Crippen LogP contribution is -2.31. The van der Waals surface area contributed by atoms with E-state index in [9.17, 15) is 0 Å². The normalized spacial score (nSPS) is 30.2. The zero-order chi connectivity index (χ0) is 9.90. The topological polar surface area (TPSA) is 3.24 Å². The minimum atomic E-state index is 0.666. The van der Waals surface area contributed by atoms with Gasteiger partial charge in [-0.15, -0.1) is 0 Å². The monoisotopic (exact) mass is 183 g/mol. The molecule has 1 aliphatic rings. The highest BCUT2D eigenvalue weighted by Crippen LogP contribution is 2.38. The van der Waals surface area contributed by atoms with E-state index in [0.717, 1.165) is 6.04 Å². The lowest BCUT2D eigenvalue weighted by atomic mass is 9.80. The van der Waals surface area contributed by atoms with Crippen molar-refractivity contribution in [3.05, 3.63) is 0 Å². The molecule has 0 amide bonds. The van der Waals surface area contributed by atoms with Gasteiger partial charge in [-0.25, -0.2) is 0 Å². The number of hydrogen-bond donors (Lipinski definition) is 0. The molecule has 1 atom stereocenters. The van der Waals surface area contributed by atoms with E-state index < -0.39 is 0 Å². The fourth-order valence-corrected chi connectivity index (χ4v) is 2.61. The van der Waals surface area contributed by atoms with Gasteiger partial charge in [-0.2, -0.15) is 0 Å². The molecule has 0 bridgehead atoms. The molecule has 0 spiro atoms. The summed E-state index contributed by atoms with van der Waals surface area (Å²) in [7, 11) is 0. The van der Waals surface area contributed by atoms with Crippen LogP contribution in [0.25, 0.3) is 0 Å². The molecule has 0 aromatic heterocycles. The predicted octanol–water partition coefficient (Wildman–Crippen LogP) is 3.30. The second kappa shape index (κ2) is 4.45. The summed E-state index contributed by atoms with van der Waals surface area (Å²) in [5.74, 6) is 0. The van der Waals surface area contributed by atoms with Crippen molar-refractivity contribution in [1.82, 2.24) is 4.90 Å². The summed E-state index contributed by atoms with van der Waals surface area (Å²) >= 11 is 0. The Morgan fingerprint density at radius 2 is 2.00 bits per heavy atom. The van der Waals surface area contributed by atoms with Crippen molar-refractivity contribution < 1.29 is 0 Å². The highest BCUT2D eigenvalue weighted by atomic mass is 15.2. The van der Waals surface area contributed by atoms with Gasteiger partial charge >= 0.3 is 0 Å². The molecule has 0 radical (unpaired) electrons. The molecule has 78 valence electrons. The summed E-state index contributed by atoms with van der Waals surface area (Å²) in [6, 6.07) is 0.741. The Hall–Kier alpha value is -0.0400. The zero-order valence-electron chi connectivity index (χ0n) is 9.77. The Kier molecular flexibility index (Phi) is 3.78. The van der Waals surface area contributed by atoms with Gasteiger partial charge in [-0.1, -0.05) is 20.3 Å². The van der Waals surface area contributed by atoms with Crippen molar-refractivity contribution in [2.45, 2.75) is 59.4 Å². The van der Waals surface area contributed by atoms with Crippen LogP contribution in [0.2, 0.25) is 0 Å². The molecule has 0 aromatic rings. The first-order chi connectivity index (χ1) is 6.13. The van der Waals surface area contributed by atoms with Gasteiger partial charge in [0.2, 0.25) is 0 Å². The third kappa shape index (κ3) is 2.46. The van der Waals surface area contributed by atoms with Crippen molar-refractivity contribution in [2.24, 2.45) is 5.41 Å². The maximum Gasteiger partial charge on any atom is 0.00411 e. The van der Waals surface area contributed by atoms with Gasteiger partial charge in [0.15, 0.2) is 0 Å². The van der Waals surface area contributed by atoms with E-state index in [-0.39, 0.29) is 0 Å². The molecule has 0 saturated carbocycles. The second-order valence-electron chi connectivity index (χ2n) is 4.92. The van der Waals surface area contributed by atoms with E-state index in [1.165, 1.54) is 38.8 Å². The Labute approximate surface area is 83.5 Å². The van der Waals surface area contributed by atoms with E-state index in [0.29, 0.717) is 5.41 Å². The SMILES string of the molecule is CCCC1(CC)CCN(C(C)C)C1. The molecule has 0 N–H and O–H groups in total. The van der Waals surface area contributed by atoms with Gasteiger partial charge in [0.25, 0.3) is 0 Å². The molecule has 1 heteroatoms. The largest absolute Gasteiger partial charge is 0.300 e. The van der Waals surface area contributed by atoms with Gasteiger partial charge in [-0.05, 0) is 45.1 Å². The van der Waals surface area contributed by atoms with Gasteiger partial charge in [0.05, 0.1) is 0 Å². The van der Waals surface area contributed by atoms with Crippen LogP contribution in [0, 0.1) is 5.41 Å². The molecule has 1 heterocycles. The first-order valence-electron chi connectivity index (χ1n) is 5.87. The molecule has 1 unspecified atom stereocenters. The summed E-state index contributed by atoms with van der Waals surface area (Å²) in [4.78, 5) is 2.64. The molecule has 1 saturated heterocycles. The van der Waals surface area contributed by atoms with E-state index in [1.807, 2.05) is 0 Å². The van der Waals surface area contributed by atoms with Crippen molar-refractivity contribution in [3.8, 4) is 0 Å². The summed E-state index contributed by atoms with van der Waals surface area (Å²) in [6.45, 7) is 12.0. The molecule has 1 aliphatic heterocycles. The Morgan fingerprint density at radius 1 is 1.31 bits per heavy atom. The number of rotatable bonds is 4. The van der Waals surface area contributed by atoms with Crippen molar-refractivity contribution >= 4 is 0 Å². The van der Waals surface area contributed by atoms with Crippen LogP contribution >= 0.6 is 0 Å². The maximum atomic E-state index is 2.64. The second-order valence-corrected chi connectivity index (χ2v) is 4.92. The van der Waals surface area contributed by atoms with Crippen LogP contribution in [0.5, 0.6) is 0 Å². The number of nitrogens with zero attached hydrogens (tertiary/aromatic N) is 1. The fraction of sp³-hybridized carbons (Fsp3) is 1.00. The van der Waals surface area contributed by atoms with Crippen molar-refractivity contribution in [3.63, 3.8) is 0 Å². The summed E-state index contributed by atoms with van der Waals surface area (Å²) in [6.07, 6.45) is 5.56. The highest BCUT2D eigenvalue weighted by molar-refractivity contribution is 4.89. The molecule has 0 aromatic carbocycles. The van der Waals surface area contributed by atoms with Crippen LogP contribution in [-0.2, 0) is 0 Å². The van der Waals surface area contributed by atoms with Crippen LogP contribution in [0.3, 0.4) is 0 Å². The quantitative estimate of drug-likeness (QED) is 0.646. The number of hydrogen-bond acceptors (Lipinski definition) is 1. The maximum absolute atomic E-state index is 2.64. The molecule has 1 nitrogen and oxygen atoms in total. The Balaban J connectivity index is 2.52. The van der Waals surface area contributed by atoms with Crippen LogP contribution in [0.15, 0.2) is 0 Å². The Morgan fingerprint density at radius 3 is 2.38 bits per heavy atom. The van der Waals surface area contributed by atoms with Gasteiger partial charge in [-0.3, -0.25) is 0 Å².